The van der Waals surface area contributed by atoms with E-state index < -0.39 is 17.7 Å². The number of nitriles is 1. The number of nitrogens with zero attached hydrogens (tertiary/aromatic N) is 3. The molecule has 2 rings (SSSR count). The molecule has 0 aliphatic carbocycles. The molecule has 0 saturated heterocycles. The Balaban J connectivity index is 2.78. The van der Waals surface area contributed by atoms with E-state index in [4.69, 9.17) is 14.7 Å². The van der Waals surface area contributed by atoms with Crippen LogP contribution in [0.5, 0.6) is 11.5 Å². The fourth-order valence-electron chi connectivity index (χ4n) is 2.38. The highest BCUT2D eigenvalue weighted by molar-refractivity contribution is 8.15. The molecule has 2 aromatic rings. The van der Waals surface area contributed by atoms with E-state index in [9.17, 15) is 13.6 Å². The summed E-state index contributed by atoms with van der Waals surface area (Å²) >= 11 is 1.01. The average molecular weight is 433 g/mol. The molecule has 0 bridgehead atoms. The number of carbonyl (C=O) groups excluding carboxylic acids is 1. The summed E-state index contributed by atoms with van der Waals surface area (Å²) in [6.07, 6.45) is 0.689. The van der Waals surface area contributed by atoms with Crippen LogP contribution in [0.2, 0.25) is 0 Å². The van der Waals surface area contributed by atoms with Crippen LogP contribution in [0.4, 0.5) is 19.3 Å². The highest BCUT2D eigenvalue weighted by Crippen LogP contribution is 2.32. The van der Waals surface area contributed by atoms with Gasteiger partial charge >= 0.3 is 6.09 Å². The van der Waals surface area contributed by atoms with Crippen molar-refractivity contribution in [2.45, 2.75) is 0 Å². The Morgan fingerprint density at radius 3 is 2.27 bits per heavy atom. The van der Waals surface area contributed by atoms with Crippen LogP contribution in [0.1, 0.15) is 11.1 Å². The average Bonchev–Trinajstić information content (AvgIpc) is 2.75. The minimum Gasteiger partial charge on any atom is -0.493 e. The van der Waals surface area contributed by atoms with E-state index in [1.165, 1.54) is 32.4 Å². The molecular formula is C20H17F2N3O4S. The first-order valence-electron chi connectivity index (χ1n) is 8.29. The first-order valence-corrected chi connectivity index (χ1v) is 9.52. The second-order valence-electron chi connectivity index (χ2n) is 5.51. The molecule has 0 aromatic heterocycles. The van der Waals surface area contributed by atoms with E-state index >= 15 is 0 Å². The van der Waals surface area contributed by atoms with Gasteiger partial charge in [-0.2, -0.15) is 10.3 Å². The van der Waals surface area contributed by atoms with Gasteiger partial charge in [-0.25, -0.2) is 18.6 Å². The minimum atomic E-state index is -0.918. The fourth-order valence-corrected chi connectivity index (χ4v) is 2.89. The molecule has 0 N–H and O–H groups in total. The van der Waals surface area contributed by atoms with E-state index in [2.05, 4.69) is 14.7 Å². The lowest BCUT2D eigenvalue weighted by molar-refractivity contribution is 0.183. The standard InChI is InChI=1S/C20H17F2N3O4S/c1-27-16-8-13(15(22)9-17(16)28-2)18(19(30-4)25-20(26)29-3)24-12-6-5-11(10-23)14(21)7-12/h5-9H,1-4H3. The maximum atomic E-state index is 14.9. The summed E-state index contributed by atoms with van der Waals surface area (Å²) in [6.45, 7) is 0. The van der Waals surface area contributed by atoms with Crippen molar-refractivity contribution in [2.24, 2.45) is 9.98 Å². The number of hydrogen-bond donors (Lipinski definition) is 0. The summed E-state index contributed by atoms with van der Waals surface area (Å²) < 4.78 is 43.8. The maximum absolute atomic E-state index is 14.9. The SMILES string of the molecule is COC(=O)N=C(SC)C(=Nc1ccc(C#N)c(F)c1)c1cc(OC)c(OC)cc1F. The molecule has 0 unspecified atom stereocenters. The number of carbonyl (C=O) groups is 1. The van der Waals surface area contributed by atoms with Gasteiger partial charge in [0.05, 0.1) is 32.6 Å². The second kappa shape index (κ2) is 10.4. The van der Waals surface area contributed by atoms with Crippen LogP contribution in [0.15, 0.2) is 40.3 Å². The first kappa shape index (κ1) is 22.8. The predicted octanol–water partition coefficient (Wildman–Crippen LogP) is 4.50. The molecular weight excluding hydrogens is 416 g/mol. The third-order valence-electron chi connectivity index (χ3n) is 3.81. The zero-order valence-electron chi connectivity index (χ0n) is 16.5. The van der Waals surface area contributed by atoms with E-state index in [0.717, 1.165) is 31.0 Å². The van der Waals surface area contributed by atoms with Crippen LogP contribution in [-0.2, 0) is 4.74 Å². The Morgan fingerprint density at radius 1 is 1.07 bits per heavy atom. The lowest BCUT2D eigenvalue weighted by Gasteiger charge is -2.13. The van der Waals surface area contributed by atoms with Crippen LogP contribution >= 0.6 is 11.8 Å². The van der Waals surface area contributed by atoms with Crippen molar-refractivity contribution < 1.29 is 27.8 Å². The van der Waals surface area contributed by atoms with Crippen LogP contribution in [0.25, 0.3) is 0 Å². The quantitative estimate of drug-likeness (QED) is 0.509. The molecule has 0 atom stereocenters. The van der Waals surface area contributed by atoms with Gasteiger partial charge in [0.2, 0.25) is 0 Å². The van der Waals surface area contributed by atoms with Crippen molar-refractivity contribution in [3.63, 3.8) is 0 Å². The molecule has 0 fully saturated rings. The Morgan fingerprint density at radius 2 is 1.73 bits per heavy atom. The molecule has 156 valence electrons. The number of hydrogen-bond acceptors (Lipinski definition) is 7. The second-order valence-corrected chi connectivity index (χ2v) is 6.31. The Bertz CT molecular complexity index is 1060. The number of aliphatic imine (C=N–C) groups is 2. The molecule has 0 saturated carbocycles. The van der Waals surface area contributed by atoms with Gasteiger partial charge in [0.1, 0.15) is 28.5 Å². The third kappa shape index (κ3) is 5.12. The van der Waals surface area contributed by atoms with Gasteiger partial charge in [-0.05, 0) is 24.5 Å². The molecule has 7 nitrogen and oxygen atoms in total. The summed E-state index contributed by atoms with van der Waals surface area (Å²) in [6, 6.07) is 7.78. The summed E-state index contributed by atoms with van der Waals surface area (Å²) in [5.74, 6) is -1.15. The van der Waals surface area contributed by atoms with Crippen molar-refractivity contribution in [1.82, 2.24) is 0 Å². The van der Waals surface area contributed by atoms with Gasteiger partial charge in [-0.1, -0.05) is 0 Å². The molecule has 2 aromatic carbocycles. The Hall–Kier alpha value is -3.45. The fraction of sp³-hybridized carbons (Fsp3) is 0.200. The first-order chi connectivity index (χ1) is 14.4. The normalized spacial score (nSPS) is 11.6. The number of amides is 1. The summed E-state index contributed by atoms with van der Waals surface area (Å²) in [5, 5.41) is 8.92. The highest BCUT2D eigenvalue weighted by Gasteiger charge is 2.21. The monoisotopic (exact) mass is 433 g/mol. The van der Waals surface area contributed by atoms with Crippen molar-refractivity contribution in [3.8, 4) is 17.6 Å². The van der Waals surface area contributed by atoms with Gasteiger partial charge < -0.3 is 14.2 Å². The van der Waals surface area contributed by atoms with Crippen molar-refractivity contribution in [2.75, 3.05) is 27.6 Å². The largest absolute Gasteiger partial charge is 0.493 e. The molecule has 1 amide bonds. The molecule has 30 heavy (non-hydrogen) atoms. The number of halogens is 2. The van der Waals surface area contributed by atoms with Gasteiger partial charge in [-0.3, -0.25) is 0 Å². The van der Waals surface area contributed by atoms with E-state index in [-0.39, 0.29) is 39.1 Å². The van der Waals surface area contributed by atoms with E-state index in [1.54, 1.807) is 12.3 Å². The highest BCUT2D eigenvalue weighted by atomic mass is 32.2. The van der Waals surface area contributed by atoms with Crippen LogP contribution < -0.4 is 9.47 Å². The third-order valence-corrected chi connectivity index (χ3v) is 4.48. The van der Waals surface area contributed by atoms with Gasteiger partial charge in [0.25, 0.3) is 0 Å². The van der Waals surface area contributed by atoms with Gasteiger partial charge in [0, 0.05) is 17.7 Å². The minimum absolute atomic E-state index is 0.0257. The number of rotatable bonds is 5. The number of benzene rings is 2. The zero-order valence-corrected chi connectivity index (χ0v) is 17.3. The maximum Gasteiger partial charge on any atom is 0.434 e. The van der Waals surface area contributed by atoms with Crippen LogP contribution in [0, 0.1) is 23.0 Å². The molecule has 0 heterocycles. The summed E-state index contributed by atoms with van der Waals surface area (Å²) in [4.78, 5) is 19.8. The van der Waals surface area contributed by atoms with Crippen molar-refractivity contribution in [3.05, 3.63) is 53.1 Å². The molecule has 0 aliphatic heterocycles. The van der Waals surface area contributed by atoms with E-state index in [1.807, 2.05) is 0 Å². The van der Waals surface area contributed by atoms with Gasteiger partial charge in [0.15, 0.2) is 11.5 Å². The van der Waals surface area contributed by atoms with Crippen LogP contribution in [-0.4, -0.2) is 44.4 Å². The Kier molecular flexibility index (Phi) is 7.89. The molecule has 0 aliphatic rings. The lowest BCUT2D eigenvalue weighted by Crippen LogP contribution is -2.16. The summed E-state index contributed by atoms with van der Waals surface area (Å²) in [7, 11) is 3.88. The van der Waals surface area contributed by atoms with Gasteiger partial charge in [-0.15, -0.1) is 11.8 Å². The topological polar surface area (TPSA) is 93.3 Å². The predicted molar refractivity (Wildman–Crippen MR) is 110 cm³/mol. The number of thioether (sulfide) groups is 1. The van der Waals surface area contributed by atoms with Crippen LogP contribution in [0.3, 0.4) is 0 Å². The number of ether oxygens (including phenoxy) is 3. The lowest BCUT2D eigenvalue weighted by atomic mass is 10.1. The zero-order chi connectivity index (χ0) is 22.3. The summed E-state index contributed by atoms with van der Waals surface area (Å²) in [5.41, 5.74) is -0.201. The van der Waals surface area contributed by atoms with Crippen molar-refractivity contribution in [1.29, 1.82) is 5.26 Å². The smallest absolute Gasteiger partial charge is 0.434 e. The van der Waals surface area contributed by atoms with Crippen molar-refractivity contribution >= 4 is 34.3 Å². The Labute approximate surface area is 176 Å². The molecule has 10 heteroatoms. The molecule has 0 radical (unpaired) electrons. The molecule has 0 spiro atoms. The number of methoxy groups -OCH3 is 3. The van der Waals surface area contributed by atoms with E-state index in [0.29, 0.717) is 0 Å².